The number of thiophene rings is 1. The summed E-state index contributed by atoms with van der Waals surface area (Å²) < 4.78 is 1.17. The smallest absolute Gasteiger partial charge is 0.223 e. The number of nitrogens with two attached hydrogens (primary N) is 1. The molecule has 2 aromatic heterocycles. The summed E-state index contributed by atoms with van der Waals surface area (Å²) in [6, 6.07) is 14.0. The van der Waals surface area contributed by atoms with Crippen molar-refractivity contribution in [3.8, 4) is 0 Å². The maximum Gasteiger partial charge on any atom is 0.223 e. The van der Waals surface area contributed by atoms with Crippen molar-refractivity contribution in [3.63, 3.8) is 0 Å². The van der Waals surface area contributed by atoms with Crippen LogP contribution in [0.3, 0.4) is 0 Å². The summed E-state index contributed by atoms with van der Waals surface area (Å²) >= 11 is 1.73. The van der Waals surface area contributed by atoms with Gasteiger partial charge in [0.2, 0.25) is 5.91 Å². The van der Waals surface area contributed by atoms with Crippen LogP contribution in [-0.4, -0.2) is 54.1 Å². The highest BCUT2D eigenvalue weighted by molar-refractivity contribution is 7.22. The maximum atomic E-state index is 12.2. The summed E-state index contributed by atoms with van der Waals surface area (Å²) in [6.07, 6.45) is 16.0. The average molecular weight is 583 g/mol. The third-order valence-corrected chi connectivity index (χ3v) is 12.1. The fourth-order valence-electron chi connectivity index (χ4n) is 9.12. The van der Waals surface area contributed by atoms with Gasteiger partial charge in [-0.3, -0.25) is 9.69 Å². The van der Waals surface area contributed by atoms with Crippen molar-refractivity contribution in [2.45, 2.75) is 57.0 Å². The van der Waals surface area contributed by atoms with Gasteiger partial charge in [-0.15, -0.1) is 11.3 Å². The van der Waals surface area contributed by atoms with Gasteiger partial charge in [0.25, 0.3) is 0 Å². The second-order valence-corrected chi connectivity index (χ2v) is 14.4. The van der Waals surface area contributed by atoms with Gasteiger partial charge >= 0.3 is 0 Å². The predicted octanol–water partition coefficient (Wildman–Crippen LogP) is 6.22. The molecule has 42 heavy (non-hydrogen) atoms. The van der Waals surface area contributed by atoms with Crippen LogP contribution in [0.2, 0.25) is 0 Å². The van der Waals surface area contributed by atoms with Crippen LogP contribution in [0.1, 0.15) is 44.9 Å². The molecule has 0 spiro atoms. The highest BCUT2D eigenvalue weighted by Gasteiger charge is 2.47. The standard InChI is InChI=1S/C34H42N6OS/c35-33(41)30-23-7-8-24(19-23)31(30)38-34-27-20-29(42-28(27)13-14-36-34)37-25-9-11-26(12-10-25)39-15-17-40(18-16-39)32-21-3-1-4-22(32)6-2-5-21/h7-14,20-24,30-32,37H,1-6,15-19H2,(H2,35,41)(H,36,38). The van der Waals surface area contributed by atoms with Crippen LogP contribution in [0, 0.1) is 29.6 Å². The van der Waals surface area contributed by atoms with Crippen LogP contribution in [0.25, 0.3) is 10.1 Å². The van der Waals surface area contributed by atoms with E-state index in [9.17, 15) is 4.79 Å². The van der Waals surface area contributed by atoms with E-state index >= 15 is 0 Å². The third-order valence-electron chi connectivity index (χ3n) is 11.0. The van der Waals surface area contributed by atoms with Crippen molar-refractivity contribution in [1.82, 2.24) is 9.88 Å². The molecule has 8 heteroatoms. The lowest BCUT2D eigenvalue weighted by atomic mass is 9.68. The number of nitrogens with one attached hydrogen (secondary N) is 2. The fraction of sp³-hybridized carbons (Fsp3) is 0.529. The number of aromatic nitrogens is 1. The lowest BCUT2D eigenvalue weighted by molar-refractivity contribution is -0.122. The van der Waals surface area contributed by atoms with Gasteiger partial charge in [0.05, 0.1) is 10.9 Å². The van der Waals surface area contributed by atoms with Gasteiger partial charge in [-0.2, -0.15) is 0 Å². The number of benzene rings is 1. The number of nitrogens with zero attached hydrogens (tertiary/aromatic N) is 3. The molecule has 4 N–H and O–H groups in total. The maximum absolute atomic E-state index is 12.2. The molecule has 3 heterocycles. The largest absolute Gasteiger partial charge is 0.369 e. The molecule has 1 saturated heterocycles. The molecule has 1 aromatic carbocycles. The van der Waals surface area contributed by atoms with E-state index < -0.39 is 0 Å². The van der Waals surface area contributed by atoms with E-state index in [-0.39, 0.29) is 23.8 Å². The third kappa shape index (κ3) is 4.77. The lowest BCUT2D eigenvalue weighted by Crippen LogP contribution is -2.56. The summed E-state index contributed by atoms with van der Waals surface area (Å²) in [5.41, 5.74) is 8.21. The number of anilines is 4. The first-order valence-corrected chi connectivity index (χ1v) is 16.9. The Balaban J connectivity index is 0.919. The Hall–Kier alpha value is -3.10. The molecular formula is C34H42N6OS. The molecule has 220 valence electrons. The Morgan fingerprint density at radius 2 is 1.64 bits per heavy atom. The number of rotatable bonds is 7. The molecular weight excluding hydrogens is 540 g/mol. The van der Waals surface area contributed by atoms with Crippen molar-refractivity contribution in [3.05, 3.63) is 54.7 Å². The lowest BCUT2D eigenvalue weighted by Gasteiger charge is -2.50. The van der Waals surface area contributed by atoms with Gasteiger partial charge in [-0.25, -0.2) is 4.98 Å². The van der Waals surface area contributed by atoms with Gasteiger partial charge in [-0.05, 0) is 92.2 Å². The quantitative estimate of drug-likeness (QED) is 0.287. The van der Waals surface area contributed by atoms with Crippen molar-refractivity contribution < 1.29 is 4.79 Å². The van der Waals surface area contributed by atoms with Crippen LogP contribution in [-0.2, 0) is 4.79 Å². The summed E-state index contributed by atoms with van der Waals surface area (Å²) in [5.74, 6) is 2.91. The molecule has 3 aromatic rings. The fourth-order valence-corrected chi connectivity index (χ4v) is 10.1. The zero-order valence-corrected chi connectivity index (χ0v) is 25.1. The molecule has 4 bridgehead atoms. The molecule has 1 amide bonds. The number of amides is 1. The van der Waals surface area contributed by atoms with E-state index in [0.717, 1.165) is 59.3 Å². The molecule has 4 atom stereocenters. The number of carbonyl (C=O) groups excluding carboxylic acids is 1. The Kier molecular flexibility index (Phi) is 6.86. The first-order chi connectivity index (χ1) is 20.6. The van der Waals surface area contributed by atoms with Crippen molar-refractivity contribution in [2.24, 2.45) is 35.3 Å². The van der Waals surface area contributed by atoms with E-state index in [2.05, 4.69) is 74.0 Å². The van der Waals surface area contributed by atoms with E-state index in [1.54, 1.807) is 11.3 Å². The normalized spacial score (nSPS) is 32.4. The van der Waals surface area contributed by atoms with Crippen LogP contribution in [0.5, 0.6) is 0 Å². The van der Waals surface area contributed by atoms with Crippen LogP contribution in [0.15, 0.2) is 54.7 Å². The zero-order chi connectivity index (χ0) is 28.2. The van der Waals surface area contributed by atoms with E-state index in [0.29, 0.717) is 5.92 Å². The van der Waals surface area contributed by atoms with Crippen LogP contribution >= 0.6 is 11.3 Å². The number of piperazine rings is 1. The molecule has 4 fully saturated rings. The number of fused-ring (bicyclic) bond motifs is 5. The number of primary amides is 1. The number of hydrogen-bond donors (Lipinski definition) is 3. The number of carbonyl (C=O) groups is 1. The zero-order valence-electron chi connectivity index (χ0n) is 24.3. The molecule has 3 saturated carbocycles. The average Bonchev–Trinajstić information content (AvgIpc) is 3.73. The van der Waals surface area contributed by atoms with E-state index in [1.807, 2.05) is 6.20 Å². The molecule has 7 nitrogen and oxygen atoms in total. The predicted molar refractivity (Wildman–Crippen MR) is 172 cm³/mol. The van der Waals surface area contributed by atoms with Gasteiger partial charge in [0, 0.05) is 65.9 Å². The van der Waals surface area contributed by atoms with Gasteiger partial charge < -0.3 is 21.3 Å². The highest BCUT2D eigenvalue weighted by atomic mass is 32.1. The first-order valence-electron chi connectivity index (χ1n) is 16.1. The Bertz CT molecular complexity index is 1450. The van der Waals surface area contributed by atoms with Gasteiger partial charge in [-0.1, -0.05) is 25.0 Å². The SMILES string of the molecule is NC(=O)C1C2C=CC(C2)C1Nc1nccc2sc(Nc3ccc(N4CCN(C5C6CCCC5CCC6)CC4)cc3)cc12. The Morgan fingerprint density at radius 1 is 0.929 bits per heavy atom. The Labute approximate surface area is 252 Å². The number of hydrogen-bond acceptors (Lipinski definition) is 7. The van der Waals surface area contributed by atoms with Crippen molar-refractivity contribution in [2.75, 3.05) is 41.7 Å². The minimum absolute atomic E-state index is 0.00335. The summed E-state index contributed by atoms with van der Waals surface area (Å²) in [6.45, 7) is 4.64. The molecule has 1 aliphatic heterocycles. The van der Waals surface area contributed by atoms with E-state index in [4.69, 9.17) is 5.73 Å². The number of pyridine rings is 1. The van der Waals surface area contributed by atoms with Crippen LogP contribution < -0.4 is 21.3 Å². The van der Waals surface area contributed by atoms with Crippen molar-refractivity contribution >= 4 is 49.5 Å². The topological polar surface area (TPSA) is 86.5 Å². The van der Waals surface area contributed by atoms with Gasteiger partial charge in [0.1, 0.15) is 5.82 Å². The molecule has 0 radical (unpaired) electrons. The minimum atomic E-state index is -0.221. The minimum Gasteiger partial charge on any atom is -0.369 e. The van der Waals surface area contributed by atoms with Gasteiger partial charge in [0.15, 0.2) is 0 Å². The second-order valence-electron chi connectivity index (χ2n) is 13.3. The monoisotopic (exact) mass is 582 g/mol. The highest BCUT2D eigenvalue weighted by Crippen LogP contribution is 2.46. The second kappa shape index (κ2) is 10.9. The van der Waals surface area contributed by atoms with Crippen molar-refractivity contribution in [1.29, 1.82) is 0 Å². The summed E-state index contributed by atoms with van der Waals surface area (Å²) in [4.78, 5) is 22.3. The summed E-state index contributed by atoms with van der Waals surface area (Å²) in [7, 11) is 0. The molecule has 4 unspecified atom stereocenters. The Morgan fingerprint density at radius 3 is 2.36 bits per heavy atom. The molecule has 8 rings (SSSR count). The summed E-state index contributed by atoms with van der Waals surface area (Å²) in [5, 5.41) is 9.39. The molecule has 5 aliphatic rings. The first kappa shape index (κ1) is 26.5. The number of allylic oxidation sites excluding steroid dienone is 1. The van der Waals surface area contributed by atoms with Crippen LogP contribution in [0.4, 0.5) is 22.2 Å². The van der Waals surface area contributed by atoms with E-state index in [1.165, 1.54) is 62.0 Å². The molecule has 4 aliphatic carbocycles.